The zero-order valence-electron chi connectivity index (χ0n) is 14.7. The van der Waals surface area contributed by atoms with Gasteiger partial charge >= 0.3 is 0 Å². The number of fused-ring (bicyclic) bond motifs is 1. The smallest absolute Gasteiger partial charge is 0.146 e. The topological polar surface area (TPSA) is 60.2 Å². The van der Waals surface area contributed by atoms with Crippen LogP contribution in [0, 0.1) is 0 Å². The molecule has 0 bridgehead atoms. The van der Waals surface area contributed by atoms with Gasteiger partial charge in [0.1, 0.15) is 28.2 Å². The molecule has 0 fully saturated rings. The lowest BCUT2D eigenvalue weighted by Gasteiger charge is -2.08. The summed E-state index contributed by atoms with van der Waals surface area (Å²) >= 11 is 0. The normalized spacial score (nSPS) is 11.1. The van der Waals surface area contributed by atoms with Gasteiger partial charge in [-0.3, -0.25) is 0 Å². The van der Waals surface area contributed by atoms with Crippen LogP contribution < -0.4 is 4.74 Å². The average molecular weight is 339 g/mol. The third-order valence-corrected chi connectivity index (χ3v) is 4.22. The lowest BCUT2D eigenvalue weighted by atomic mass is 10.1. The quantitative estimate of drug-likeness (QED) is 0.565. The second-order valence-corrected chi connectivity index (χ2v) is 6.24. The van der Waals surface area contributed by atoms with Crippen LogP contribution >= 0.6 is 0 Å². The fraction of sp³-hybridized carbons (Fsp3) is 0.400. The van der Waals surface area contributed by atoms with E-state index in [1.807, 2.05) is 30.3 Å². The summed E-state index contributed by atoms with van der Waals surface area (Å²) in [6.07, 6.45) is 7.37. The van der Waals surface area contributed by atoms with E-state index in [4.69, 9.17) is 4.74 Å². The summed E-state index contributed by atoms with van der Waals surface area (Å²) in [6, 6.07) is 12.9. The molecule has 0 saturated carbocycles. The van der Waals surface area contributed by atoms with Crippen molar-refractivity contribution in [2.75, 3.05) is 6.61 Å². The summed E-state index contributed by atoms with van der Waals surface area (Å²) in [5, 5.41) is 19.1. The standard InChI is InChI=1S/C20H25N3O2/c1-2-3-4-5-6-9-14-25-16-12-13-19(20(24)15-16)23-21-17-10-7-8-11-18(17)22-23/h7-8,10-13,15,24H,2-6,9,14H2,1H3. The molecular weight excluding hydrogens is 314 g/mol. The van der Waals surface area contributed by atoms with E-state index in [-0.39, 0.29) is 5.75 Å². The van der Waals surface area contributed by atoms with E-state index in [0.717, 1.165) is 17.5 Å². The molecule has 2 aromatic carbocycles. The number of aromatic nitrogens is 3. The molecule has 5 nitrogen and oxygen atoms in total. The molecule has 0 atom stereocenters. The Morgan fingerprint density at radius 3 is 2.28 bits per heavy atom. The van der Waals surface area contributed by atoms with Gasteiger partial charge in [0.05, 0.1) is 6.61 Å². The molecule has 3 aromatic rings. The van der Waals surface area contributed by atoms with Crippen molar-refractivity contribution in [3.63, 3.8) is 0 Å². The van der Waals surface area contributed by atoms with Crippen LogP contribution in [0.5, 0.6) is 11.5 Å². The minimum atomic E-state index is 0.112. The first-order chi connectivity index (χ1) is 12.3. The molecule has 0 aliphatic rings. The van der Waals surface area contributed by atoms with Crippen molar-refractivity contribution in [1.29, 1.82) is 0 Å². The first-order valence-electron chi connectivity index (χ1n) is 9.06. The molecule has 0 aliphatic heterocycles. The molecule has 1 N–H and O–H groups in total. The van der Waals surface area contributed by atoms with Gasteiger partial charge in [0.2, 0.25) is 0 Å². The lowest BCUT2D eigenvalue weighted by Crippen LogP contribution is -2.01. The van der Waals surface area contributed by atoms with E-state index in [2.05, 4.69) is 17.1 Å². The van der Waals surface area contributed by atoms with Crippen molar-refractivity contribution in [3.8, 4) is 17.2 Å². The third-order valence-electron chi connectivity index (χ3n) is 4.22. The third kappa shape index (κ3) is 4.50. The van der Waals surface area contributed by atoms with Gasteiger partial charge in [0.25, 0.3) is 0 Å². The number of nitrogens with zero attached hydrogens (tertiary/aromatic N) is 3. The highest BCUT2D eigenvalue weighted by atomic mass is 16.5. The molecule has 0 unspecified atom stereocenters. The SMILES string of the molecule is CCCCCCCCOc1ccc(-n2nc3ccccc3n2)c(O)c1. The highest BCUT2D eigenvalue weighted by Crippen LogP contribution is 2.27. The van der Waals surface area contributed by atoms with Crippen molar-refractivity contribution < 1.29 is 9.84 Å². The van der Waals surface area contributed by atoms with Crippen LogP contribution in [0.15, 0.2) is 42.5 Å². The highest BCUT2D eigenvalue weighted by Gasteiger charge is 2.09. The molecule has 0 spiro atoms. The predicted octanol–water partition coefficient (Wildman–Crippen LogP) is 4.87. The zero-order valence-corrected chi connectivity index (χ0v) is 14.7. The van der Waals surface area contributed by atoms with E-state index in [1.165, 1.54) is 36.9 Å². The van der Waals surface area contributed by atoms with Gasteiger partial charge < -0.3 is 9.84 Å². The summed E-state index contributed by atoms with van der Waals surface area (Å²) in [5.74, 6) is 0.785. The Hall–Kier alpha value is -2.56. The molecule has 0 saturated heterocycles. The van der Waals surface area contributed by atoms with Crippen LogP contribution in [0.3, 0.4) is 0 Å². The molecule has 1 heterocycles. The summed E-state index contributed by atoms with van der Waals surface area (Å²) in [4.78, 5) is 1.46. The van der Waals surface area contributed by atoms with E-state index in [9.17, 15) is 5.11 Å². The van der Waals surface area contributed by atoms with E-state index in [0.29, 0.717) is 18.0 Å². The number of unbranched alkanes of at least 4 members (excludes halogenated alkanes) is 5. The molecule has 5 heteroatoms. The van der Waals surface area contributed by atoms with Gasteiger partial charge in [0, 0.05) is 6.07 Å². The number of rotatable bonds is 9. The Morgan fingerprint density at radius 2 is 1.60 bits per heavy atom. The van der Waals surface area contributed by atoms with E-state index in [1.54, 1.807) is 12.1 Å². The Labute approximate surface area is 148 Å². The van der Waals surface area contributed by atoms with E-state index < -0.39 is 0 Å². The monoisotopic (exact) mass is 339 g/mol. The van der Waals surface area contributed by atoms with Gasteiger partial charge in [-0.25, -0.2) is 0 Å². The fourth-order valence-corrected chi connectivity index (χ4v) is 2.80. The summed E-state index contributed by atoms with van der Waals surface area (Å²) in [5.41, 5.74) is 2.14. The average Bonchev–Trinajstić information content (AvgIpc) is 3.05. The van der Waals surface area contributed by atoms with Crippen molar-refractivity contribution >= 4 is 11.0 Å². The second kappa shape index (κ2) is 8.51. The Balaban J connectivity index is 1.57. The Kier molecular flexibility index (Phi) is 5.88. The van der Waals surface area contributed by atoms with Crippen molar-refractivity contribution in [1.82, 2.24) is 15.0 Å². The lowest BCUT2D eigenvalue weighted by molar-refractivity contribution is 0.302. The predicted molar refractivity (Wildman–Crippen MR) is 99.4 cm³/mol. The molecule has 0 amide bonds. The fourth-order valence-electron chi connectivity index (χ4n) is 2.80. The van der Waals surface area contributed by atoms with Crippen LogP contribution in [-0.4, -0.2) is 26.7 Å². The van der Waals surface area contributed by atoms with Gasteiger partial charge in [-0.1, -0.05) is 51.2 Å². The summed E-state index contributed by atoms with van der Waals surface area (Å²) in [6.45, 7) is 2.90. The van der Waals surface area contributed by atoms with Crippen molar-refractivity contribution in [2.45, 2.75) is 45.4 Å². The van der Waals surface area contributed by atoms with Gasteiger partial charge in [0.15, 0.2) is 0 Å². The number of benzene rings is 2. The molecule has 1 aromatic heterocycles. The Morgan fingerprint density at radius 1 is 0.920 bits per heavy atom. The Bertz CT molecular complexity index is 781. The molecule has 0 radical (unpaired) electrons. The minimum Gasteiger partial charge on any atom is -0.505 e. The maximum Gasteiger partial charge on any atom is 0.146 e. The molecule has 3 rings (SSSR count). The van der Waals surface area contributed by atoms with Crippen molar-refractivity contribution in [3.05, 3.63) is 42.5 Å². The van der Waals surface area contributed by atoms with Crippen LogP contribution in [0.25, 0.3) is 16.7 Å². The number of hydrogen-bond acceptors (Lipinski definition) is 4. The number of hydrogen-bond donors (Lipinski definition) is 1. The number of aromatic hydroxyl groups is 1. The number of ether oxygens (including phenoxy) is 1. The minimum absolute atomic E-state index is 0.112. The van der Waals surface area contributed by atoms with Crippen LogP contribution in [0.2, 0.25) is 0 Å². The van der Waals surface area contributed by atoms with Gasteiger partial charge in [-0.2, -0.15) is 0 Å². The molecule has 25 heavy (non-hydrogen) atoms. The number of phenols is 1. The first kappa shape index (κ1) is 17.3. The molecule has 0 aliphatic carbocycles. The highest BCUT2D eigenvalue weighted by molar-refractivity contribution is 5.73. The maximum absolute atomic E-state index is 10.3. The van der Waals surface area contributed by atoms with Gasteiger partial charge in [-0.15, -0.1) is 15.0 Å². The molecule has 132 valence electrons. The zero-order chi connectivity index (χ0) is 17.5. The largest absolute Gasteiger partial charge is 0.505 e. The van der Waals surface area contributed by atoms with Gasteiger partial charge in [-0.05, 0) is 30.7 Å². The second-order valence-electron chi connectivity index (χ2n) is 6.24. The van der Waals surface area contributed by atoms with Crippen LogP contribution in [0.4, 0.5) is 0 Å². The van der Waals surface area contributed by atoms with Crippen LogP contribution in [-0.2, 0) is 0 Å². The first-order valence-corrected chi connectivity index (χ1v) is 9.06. The molecular formula is C20H25N3O2. The van der Waals surface area contributed by atoms with Crippen molar-refractivity contribution in [2.24, 2.45) is 0 Å². The maximum atomic E-state index is 10.3. The summed E-state index contributed by atoms with van der Waals surface area (Å²) < 4.78 is 5.73. The van der Waals surface area contributed by atoms with Crippen LogP contribution in [0.1, 0.15) is 45.4 Å². The number of phenolic OH excluding ortho intramolecular Hbond substituents is 1. The summed E-state index contributed by atoms with van der Waals surface area (Å²) in [7, 11) is 0. The van der Waals surface area contributed by atoms with E-state index >= 15 is 0 Å².